The molecule has 4 fully saturated rings. The van der Waals surface area contributed by atoms with Crippen molar-refractivity contribution in [3.63, 3.8) is 0 Å². The van der Waals surface area contributed by atoms with Gasteiger partial charge in [0.2, 0.25) is 0 Å². The van der Waals surface area contributed by atoms with E-state index in [9.17, 15) is 0 Å². The van der Waals surface area contributed by atoms with Crippen LogP contribution in [0.15, 0.2) is 0 Å². The third-order valence-corrected chi connectivity index (χ3v) is 8.72. The Kier molecular flexibility index (Phi) is 10.6. The number of fused-ring (bicyclic) bond motifs is 1. The van der Waals surface area contributed by atoms with Crippen molar-refractivity contribution in [3.05, 3.63) is 0 Å². The molecule has 0 saturated carbocycles. The van der Waals surface area contributed by atoms with Crippen molar-refractivity contribution >= 4 is 58.1 Å². The zero-order valence-electron chi connectivity index (χ0n) is 19.7. The average Bonchev–Trinajstić information content (AvgIpc) is 3.30. The normalized spacial score (nSPS) is 41.0. The summed E-state index contributed by atoms with van der Waals surface area (Å²) in [5, 5.41) is 6.51. The molecule has 4 aliphatic heterocycles. The van der Waals surface area contributed by atoms with Gasteiger partial charge in [-0.3, -0.25) is 0 Å². The van der Waals surface area contributed by atoms with Crippen molar-refractivity contribution in [1.82, 2.24) is 15.3 Å². The molecule has 4 saturated heterocycles. The van der Waals surface area contributed by atoms with Crippen molar-refractivity contribution in [2.45, 2.75) is 95.4 Å². The summed E-state index contributed by atoms with van der Waals surface area (Å²) in [5.74, 6) is 1.27. The van der Waals surface area contributed by atoms with Crippen molar-refractivity contribution in [2.75, 3.05) is 6.54 Å². The molecule has 0 aromatic heterocycles. The molecule has 4 heterocycles. The second-order valence-electron chi connectivity index (χ2n) is 9.56. The zero-order chi connectivity index (χ0) is 22.9. The number of hydrogen-bond acceptors (Lipinski definition) is 6. The molecule has 0 aliphatic carbocycles. The first kappa shape index (κ1) is 27.9. The average molecular weight is 493 g/mol. The molecule has 10 atom stereocenters. The summed E-state index contributed by atoms with van der Waals surface area (Å²) < 4.78 is 16.8. The van der Waals surface area contributed by atoms with Crippen LogP contribution < -0.4 is 10.5 Å². The van der Waals surface area contributed by atoms with Crippen molar-refractivity contribution in [1.29, 1.82) is 0 Å². The van der Waals surface area contributed by atoms with Gasteiger partial charge in [0.25, 0.3) is 0 Å². The first-order valence-electron chi connectivity index (χ1n) is 11.1. The maximum atomic E-state index is 5.80. The lowest BCUT2D eigenvalue weighted by Crippen LogP contribution is -2.41. The Morgan fingerprint density at radius 1 is 1.00 bits per heavy atom. The smallest absolute Gasteiger partial charge is 0.380 e. The molecule has 0 amide bonds. The third-order valence-electron chi connectivity index (χ3n) is 6.12. The van der Waals surface area contributed by atoms with E-state index < -0.39 is 0 Å². The maximum Gasteiger partial charge on any atom is 0.380 e. The zero-order valence-corrected chi connectivity index (χ0v) is 24.3. The second-order valence-corrected chi connectivity index (χ2v) is 13.2. The van der Waals surface area contributed by atoms with Gasteiger partial charge in [0.15, 0.2) is 0 Å². The molecular formula is C17H42B3N3O3P4. The van der Waals surface area contributed by atoms with Crippen LogP contribution in [-0.2, 0) is 14.0 Å². The number of hydrogen-bond donors (Lipinski definition) is 2. The van der Waals surface area contributed by atoms with Gasteiger partial charge < -0.3 is 29.2 Å². The molecule has 172 valence electrons. The van der Waals surface area contributed by atoms with E-state index in [-0.39, 0.29) is 30.6 Å². The lowest BCUT2D eigenvalue weighted by molar-refractivity contribution is 0.170. The van der Waals surface area contributed by atoms with Gasteiger partial charge in [-0.25, -0.2) is 0 Å². The van der Waals surface area contributed by atoms with E-state index in [2.05, 4.69) is 86.7 Å². The summed E-state index contributed by atoms with van der Waals surface area (Å²) in [7, 11) is 11.6. The Balaban J connectivity index is 0.000000163. The van der Waals surface area contributed by atoms with Crippen molar-refractivity contribution in [3.8, 4) is 0 Å². The Labute approximate surface area is 195 Å². The van der Waals surface area contributed by atoms with Crippen LogP contribution in [0.3, 0.4) is 0 Å². The summed E-state index contributed by atoms with van der Waals surface area (Å²) >= 11 is 0. The van der Waals surface area contributed by atoms with E-state index in [0.717, 1.165) is 0 Å². The first-order valence-corrected chi connectivity index (χ1v) is 13.6. The summed E-state index contributed by atoms with van der Waals surface area (Å²) in [6.45, 7) is 16.1. The third kappa shape index (κ3) is 7.34. The van der Waals surface area contributed by atoms with E-state index in [0.29, 0.717) is 30.8 Å². The van der Waals surface area contributed by atoms with Gasteiger partial charge in [0.05, 0.1) is 16.5 Å². The summed E-state index contributed by atoms with van der Waals surface area (Å²) in [6.07, 6.45) is 2.63. The molecule has 6 unspecified atom stereocenters. The molecule has 0 aromatic carbocycles. The molecule has 4 rings (SSSR count). The van der Waals surface area contributed by atoms with E-state index in [1.807, 2.05) is 13.6 Å². The van der Waals surface area contributed by atoms with Gasteiger partial charge in [-0.1, -0.05) is 13.8 Å². The predicted octanol–water partition coefficient (Wildman–Crippen LogP) is 2.66. The molecule has 4 aliphatic rings. The van der Waals surface area contributed by atoms with Crippen LogP contribution in [0.5, 0.6) is 0 Å². The summed E-state index contributed by atoms with van der Waals surface area (Å²) in [5.41, 5.74) is 0. The van der Waals surface area contributed by atoms with Crippen LogP contribution in [0.2, 0.25) is 20.5 Å². The highest BCUT2D eigenvalue weighted by Crippen LogP contribution is 2.41. The van der Waals surface area contributed by atoms with Crippen molar-refractivity contribution in [2.24, 2.45) is 5.92 Å². The lowest BCUT2D eigenvalue weighted by atomic mass is 9.86. The standard InChI is InChI=1S/C7H15BNOP.C7H17BNOP.C3H10BNOP2/c1-7(11)6-4-3-5-9(6)8(2)10-7;1-5(2)6-7(3,11)10-8(4)9-6;1-4-5-2(7)3(8)6-4/h6H,3-5,11H2,1-2H3;5-6,9H,11H2,1-4H3;2-3,5H,7-8H2,1H3/t2*6?,7-;2-,3+/m111/s1. The molecule has 2 N–H and O–H groups in total. The Hall–Kier alpha value is 1.67. The van der Waals surface area contributed by atoms with E-state index in [4.69, 9.17) is 14.0 Å². The van der Waals surface area contributed by atoms with Gasteiger partial charge in [0, 0.05) is 17.9 Å². The van der Waals surface area contributed by atoms with E-state index in [1.165, 1.54) is 19.4 Å². The minimum Gasteiger partial charge on any atom is -0.413 e. The molecule has 0 radical (unpaired) electrons. The lowest BCUT2D eigenvalue weighted by Gasteiger charge is -2.29. The van der Waals surface area contributed by atoms with Crippen LogP contribution in [0.25, 0.3) is 0 Å². The van der Waals surface area contributed by atoms with E-state index >= 15 is 0 Å². The van der Waals surface area contributed by atoms with Gasteiger partial charge in [-0.05, 0) is 59.6 Å². The van der Waals surface area contributed by atoms with Crippen LogP contribution in [0, 0.1) is 5.92 Å². The van der Waals surface area contributed by atoms with Crippen LogP contribution in [0.4, 0.5) is 0 Å². The monoisotopic (exact) mass is 493 g/mol. The highest BCUT2D eigenvalue weighted by atomic mass is 31.0. The van der Waals surface area contributed by atoms with Gasteiger partial charge in [0.1, 0.15) is 0 Å². The molecule has 30 heavy (non-hydrogen) atoms. The number of rotatable bonds is 1. The Morgan fingerprint density at radius 2 is 1.63 bits per heavy atom. The minimum absolute atomic E-state index is 0.00984. The minimum atomic E-state index is -0.0897. The van der Waals surface area contributed by atoms with Crippen LogP contribution in [0.1, 0.15) is 40.5 Å². The number of nitrogens with one attached hydrogen (secondary N) is 2. The summed E-state index contributed by atoms with van der Waals surface area (Å²) in [6, 6.07) is 1.09. The fourth-order valence-electron chi connectivity index (χ4n) is 4.84. The highest BCUT2D eigenvalue weighted by Gasteiger charge is 2.49. The van der Waals surface area contributed by atoms with Gasteiger partial charge in [-0.2, -0.15) is 0 Å². The van der Waals surface area contributed by atoms with E-state index in [1.54, 1.807) is 0 Å². The highest BCUT2D eigenvalue weighted by molar-refractivity contribution is 7.23. The molecule has 0 aromatic rings. The molecular weight excluding hydrogens is 451 g/mol. The van der Waals surface area contributed by atoms with Crippen molar-refractivity contribution < 1.29 is 14.0 Å². The Bertz CT molecular complexity index is 552. The fourth-order valence-corrected chi connectivity index (χ4v) is 6.79. The molecule has 13 heteroatoms. The second kappa shape index (κ2) is 11.4. The first-order chi connectivity index (χ1) is 13.7. The van der Waals surface area contributed by atoms with Gasteiger partial charge in [-0.15, -0.1) is 37.0 Å². The largest absolute Gasteiger partial charge is 0.413 e. The quantitative estimate of drug-likeness (QED) is 0.434. The summed E-state index contributed by atoms with van der Waals surface area (Å²) in [4.78, 5) is 2.47. The van der Waals surface area contributed by atoms with Gasteiger partial charge >= 0.3 is 21.2 Å². The molecule has 0 bridgehead atoms. The van der Waals surface area contributed by atoms with Crippen LogP contribution in [-0.4, -0.2) is 66.9 Å². The molecule has 0 spiro atoms. The maximum absolute atomic E-state index is 5.80. The fraction of sp³-hybridized carbons (Fsp3) is 1.00. The Morgan fingerprint density at radius 3 is 1.97 bits per heavy atom. The topological polar surface area (TPSA) is 55.0 Å². The predicted molar refractivity (Wildman–Crippen MR) is 146 cm³/mol. The molecule has 6 nitrogen and oxygen atoms in total. The SMILES string of the molecule is CB1NC(C(C)C)[C@@](C)(P)O1.CB1N[C@H](P)[C@H](P)O1.CB1O[C@](C)(P)C2CCCN12. The van der Waals surface area contributed by atoms with Crippen LogP contribution >= 0.6 is 37.0 Å². The number of nitrogens with zero attached hydrogens (tertiary/aromatic N) is 1.